The molecule has 0 amide bonds. The van der Waals surface area contributed by atoms with Crippen LogP contribution in [0.15, 0.2) is 28.0 Å². The SMILES string of the molecule is CC1CC(C)CN(S(=O)(=O)c2ccc(Cl)c(S(=O)(=O)N3CC(C)CC(C)C3)c2)C1. The lowest BCUT2D eigenvalue weighted by atomic mass is 9.94. The van der Waals surface area contributed by atoms with Gasteiger partial charge in [0.15, 0.2) is 0 Å². The van der Waals surface area contributed by atoms with Gasteiger partial charge in [0.1, 0.15) is 4.90 Å². The van der Waals surface area contributed by atoms with Crippen LogP contribution in [0.2, 0.25) is 5.02 Å². The maximum atomic E-state index is 13.3. The number of halogens is 1. The lowest BCUT2D eigenvalue weighted by Gasteiger charge is -2.35. The maximum absolute atomic E-state index is 13.3. The Morgan fingerprint density at radius 3 is 1.62 bits per heavy atom. The molecule has 1 aromatic rings. The zero-order chi connectivity index (χ0) is 21.6. The van der Waals surface area contributed by atoms with E-state index in [2.05, 4.69) is 0 Å². The Balaban J connectivity index is 1.97. The highest BCUT2D eigenvalue weighted by Gasteiger charge is 2.36. The largest absolute Gasteiger partial charge is 0.244 e. The molecule has 2 saturated heterocycles. The number of hydrogen-bond donors (Lipinski definition) is 0. The number of hydrogen-bond acceptors (Lipinski definition) is 4. The van der Waals surface area contributed by atoms with Crippen molar-refractivity contribution >= 4 is 31.6 Å². The summed E-state index contributed by atoms with van der Waals surface area (Å²) in [5.74, 6) is 1.02. The first-order valence-corrected chi connectivity index (χ1v) is 13.5. The maximum Gasteiger partial charge on any atom is 0.244 e. The van der Waals surface area contributed by atoms with Gasteiger partial charge in [-0.3, -0.25) is 0 Å². The Morgan fingerprint density at radius 1 is 0.759 bits per heavy atom. The Hall–Kier alpha value is -0.670. The fraction of sp³-hybridized carbons (Fsp3) is 0.700. The molecule has 2 heterocycles. The Bertz CT molecular complexity index is 945. The summed E-state index contributed by atoms with van der Waals surface area (Å²) in [6.07, 6.45) is 1.96. The van der Waals surface area contributed by atoms with Crippen molar-refractivity contribution in [1.82, 2.24) is 8.61 Å². The molecule has 0 bridgehead atoms. The molecule has 2 aliphatic rings. The molecule has 29 heavy (non-hydrogen) atoms. The predicted octanol–water partition coefficient (Wildman–Crippen LogP) is 3.67. The number of sulfonamides is 2. The predicted molar refractivity (Wildman–Crippen MR) is 115 cm³/mol. The van der Waals surface area contributed by atoms with Crippen LogP contribution in [0.3, 0.4) is 0 Å². The molecule has 4 atom stereocenters. The smallest absolute Gasteiger partial charge is 0.207 e. The average Bonchev–Trinajstić information content (AvgIpc) is 2.60. The molecule has 0 aromatic heterocycles. The molecule has 164 valence electrons. The molecule has 2 aliphatic heterocycles. The zero-order valence-corrected chi connectivity index (χ0v) is 19.9. The quantitative estimate of drug-likeness (QED) is 0.684. The van der Waals surface area contributed by atoms with Crippen LogP contribution in [0.25, 0.3) is 0 Å². The van der Waals surface area contributed by atoms with E-state index in [1.54, 1.807) is 0 Å². The third kappa shape index (κ3) is 4.82. The molecule has 3 rings (SSSR count). The molecular weight excluding hydrogens is 432 g/mol. The van der Waals surface area contributed by atoms with E-state index in [4.69, 9.17) is 11.6 Å². The van der Waals surface area contributed by atoms with Gasteiger partial charge in [-0.2, -0.15) is 8.61 Å². The lowest BCUT2D eigenvalue weighted by molar-refractivity contribution is 0.222. The number of nitrogens with zero attached hydrogens (tertiary/aromatic N) is 2. The second-order valence-corrected chi connectivity index (χ2v) is 13.4. The number of benzene rings is 1. The standard InChI is InChI=1S/C20H31ClN2O4S2/c1-14-7-15(2)11-22(10-14)28(24,25)18-5-6-19(21)20(9-18)29(26,27)23-12-16(3)8-17(4)13-23/h5-6,9,14-17H,7-8,10-13H2,1-4H3. The van der Waals surface area contributed by atoms with Gasteiger partial charge in [0.25, 0.3) is 0 Å². The summed E-state index contributed by atoms with van der Waals surface area (Å²) in [4.78, 5) is -0.139. The molecule has 9 heteroatoms. The summed E-state index contributed by atoms with van der Waals surface area (Å²) in [5, 5.41) is 0.0511. The average molecular weight is 463 g/mol. The van der Waals surface area contributed by atoms with Crippen molar-refractivity contribution in [3.8, 4) is 0 Å². The van der Waals surface area contributed by atoms with Gasteiger partial charge >= 0.3 is 0 Å². The molecule has 0 spiro atoms. The summed E-state index contributed by atoms with van der Waals surface area (Å²) in [6, 6.07) is 4.03. The Labute approximate surface area is 180 Å². The van der Waals surface area contributed by atoms with E-state index in [0.29, 0.717) is 26.2 Å². The highest BCUT2D eigenvalue weighted by Crippen LogP contribution is 2.33. The minimum absolute atomic E-state index is 0.0140. The van der Waals surface area contributed by atoms with Gasteiger partial charge in [0, 0.05) is 26.2 Å². The van der Waals surface area contributed by atoms with E-state index in [9.17, 15) is 16.8 Å². The van der Waals surface area contributed by atoms with Crippen molar-refractivity contribution in [3.63, 3.8) is 0 Å². The van der Waals surface area contributed by atoms with E-state index in [-0.39, 0.29) is 38.5 Å². The Kier molecular flexibility index (Phi) is 6.71. The highest BCUT2D eigenvalue weighted by molar-refractivity contribution is 7.90. The summed E-state index contributed by atoms with van der Waals surface area (Å²) in [6.45, 7) is 9.85. The molecule has 0 N–H and O–H groups in total. The van der Waals surface area contributed by atoms with Crippen LogP contribution in [0, 0.1) is 23.7 Å². The van der Waals surface area contributed by atoms with Gasteiger partial charge < -0.3 is 0 Å². The van der Waals surface area contributed by atoms with Crippen LogP contribution < -0.4 is 0 Å². The van der Waals surface area contributed by atoms with Crippen LogP contribution in [0.1, 0.15) is 40.5 Å². The van der Waals surface area contributed by atoms with Crippen LogP contribution >= 0.6 is 11.6 Å². The molecule has 0 aliphatic carbocycles. The van der Waals surface area contributed by atoms with Crippen molar-refractivity contribution in [2.24, 2.45) is 23.7 Å². The van der Waals surface area contributed by atoms with Gasteiger partial charge in [-0.1, -0.05) is 39.3 Å². The normalized spacial score (nSPS) is 30.4. The first kappa shape index (κ1) is 23.0. The van der Waals surface area contributed by atoms with Crippen LogP contribution in [0.5, 0.6) is 0 Å². The van der Waals surface area contributed by atoms with Gasteiger partial charge in [0.2, 0.25) is 20.0 Å². The molecule has 6 nitrogen and oxygen atoms in total. The molecule has 0 saturated carbocycles. The second-order valence-electron chi connectivity index (χ2n) is 9.13. The van der Waals surface area contributed by atoms with E-state index in [1.807, 2.05) is 27.7 Å². The zero-order valence-electron chi connectivity index (χ0n) is 17.5. The van der Waals surface area contributed by atoms with Gasteiger partial charge in [-0.05, 0) is 54.7 Å². The minimum Gasteiger partial charge on any atom is -0.207 e. The first-order valence-electron chi connectivity index (χ1n) is 10.2. The van der Waals surface area contributed by atoms with Crippen LogP contribution in [-0.4, -0.2) is 51.6 Å². The van der Waals surface area contributed by atoms with Crippen molar-refractivity contribution in [2.75, 3.05) is 26.2 Å². The summed E-state index contributed by atoms with van der Waals surface area (Å²) >= 11 is 6.24. The van der Waals surface area contributed by atoms with Gasteiger partial charge in [-0.15, -0.1) is 0 Å². The summed E-state index contributed by atoms with van der Waals surface area (Å²) in [7, 11) is -7.66. The molecule has 1 aromatic carbocycles. The molecular formula is C20H31ClN2O4S2. The monoisotopic (exact) mass is 462 g/mol. The molecule has 4 unspecified atom stereocenters. The third-order valence-corrected chi connectivity index (χ3v) is 9.97. The molecule has 0 radical (unpaired) electrons. The minimum atomic E-state index is -3.88. The van der Waals surface area contributed by atoms with Crippen LogP contribution in [-0.2, 0) is 20.0 Å². The van der Waals surface area contributed by atoms with E-state index >= 15 is 0 Å². The lowest BCUT2D eigenvalue weighted by Crippen LogP contribution is -2.43. The topological polar surface area (TPSA) is 74.8 Å². The Morgan fingerprint density at radius 2 is 1.17 bits per heavy atom. The fourth-order valence-corrected chi connectivity index (χ4v) is 8.70. The van der Waals surface area contributed by atoms with Gasteiger partial charge in [0.05, 0.1) is 9.92 Å². The second kappa shape index (κ2) is 8.46. The van der Waals surface area contributed by atoms with Crippen molar-refractivity contribution < 1.29 is 16.8 Å². The molecule has 2 fully saturated rings. The van der Waals surface area contributed by atoms with Crippen LogP contribution in [0.4, 0.5) is 0 Å². The third-order valence-electron chi connectivity index (χ3n) is 5.83. The number of piperidine rings is 2. The fourth-order valence-electron chi connectivity index (χ4n) is 4.73. The number of rotatable bonds is 4. The van der Waals surface area contributed by atoms with Crippen molar-refractivity contribution in [3.05, 3.63) is 23.2 Å². The highest BCUT2D eigenvalue weighted by atomic mass is 35.5. The van der Waals surface area contributed by atoms with E-state index in [1.165, 1.54) is 26.8 Å². The summed E-state index contributed by atoms with van der Waals surface area (Å²) in [5.41, 5.74) is 0. The summed E-state index contributed by atoms with van der Waals surface area (Å²) < 4.78 is 55.9. The van der Waals surface area contributed by atoms with Crippen molar-refractivity contribution in [1.29, 1.82) is 0 Å². The van der Waals surface area contributed by atoms with Crippen molar-refractivity contribution in [2.45, 2.75) is 50.3 Å². The van der Waals surface area contributed by atoms with Gasteiger partial charge in [-0.25, -0.2) is 16.8 Å². The first-order chi connectivity index (χ1) is 13.4. The van der Waals surface area contributed by atoms with E-state index in [0.717, 1.165) is 12.8 Å². The van der Waals surface area contributed by atoms with E-state index < -0.39 is 20.0 Å².